The van der Waals surface area contributed by atoms with Crippen LogP contribution in [0.25, 0.3) is 0 Å². The van der Waals surface area contributed by atoms with Gasteiger partial charge in [-0.25, -0.2) is 0 Å². The predicted molar refractivity (Wildman–Crippen MR) is 182 cm³/mol. The van der Waals surface area contributed by atoms with Gasteiger partial charge in [-0.2, -0.15) is 26.3 Å². The number of carbonyl (C=O) groups is 2. The van der Waals surface area contributed by atoms with Crippen molar-refractivity contribution < 1.29 is 63.2 Å². The maximum Gasteiger partial charge on any atom is 0.416 e. The van der Waals surface area contributed by atoms with Gasteiger partial charge in [0.25, 0.3) is 0 Å². The van der Waals surface area contributed by atoms with Crippen LogP contribution in [0.5, 0.6) is 0 Å². The van der Waals surface area contributed by atoms with E-state index in [1.165, 1.54) is 38.1 Å². The summed E-state index contributed by atoms with van der Waals surface area (Å²) in [4.78, 5) is 23.5. The minimum absolute atomic E-state index is 0.113. The van der Waals surface area contributed by atoms with Gasteiger partial charge in [0.2, 0.25) is 11.8 Å². The Labute approximate surface area is 299 Å². The van der Waals surface area contributed by atoms with E-state index >= 15 is 0 Å². The first-order valence-electron chi connectivity index (χ1n) is 16.6. The van der Waals surface area contributed by atoms with E-state index in [0.717, 1.165) is 24.3 Å². The molecule has 18 heteroatoms. The molecular formula is C34H46F6N2O8P2. The fourth-order valence-electron chi connectivity index (χ4n) is 6.75. The summed E-state index contributed by atoms with van der Waals surface area (Å²) in [7, 11) is -7.50. The molecule has 0 radical (unpaired) electrons. The summed E-state index contributed by atoms with van der Waals surface area (Å²) in [5.74, 6) is -0.833. The molecule has 2 aromatic carbocycles. The molecule has 0 aliphatic heterocycles. The van der Waals surface area contributed by atoms with E-state index in [-0.39, 0.29) is 39.3 Å². The molecule has 2 fully saturated rings. The van der Waals surface area contributed by atoms with E-state index in [0.29, 0.717) is 11.1 Å². The van der Waals surface area contributed by atoms with Gasteiger partial charge in [-0.05, 0) is 75.9 Å². The summed E-state index contributed by atoms with van der Waals surface area (Å²) in [6.07, 6.45) is -8.41. The lowest BCUT2D eigenvalue weighted by Crippen LogP contribution is -2.42. The lowest BCUT2D eigenvalue weighted by atomic mass is 9.96. The van der Waals surface area contributed by atoms with E-state index in [1.807, 2.05) is 0 Å². The number of nitrogens with one attached hydrogen (secondary N) is 2. The fraction of sp³-hybridized carbons (Fsp3) is 0.588. The van der Waals surface area contributed by atoms with E-state index in [4.69, 9.17) is 18.1 Å². The van der Waals surface area contributed by atoms with Crippen molar-refractivity contribution in [2.24, 2.45) is 0 Å². The smallest absolute Gasteiger partial charge is 0.339 e. The van der Waals surface area contributed by atoms with Crippen LogP contribution >= 0.6 is 15.2 Å². The average Bonchev–Trinajstić information content (AvgIpc) is 3.87. The maximum absolute atomic E-state index is 13.4. The number of hydrogen-bond donors (Lipinski definition) is 2. The summed E-state index contributed by atoms with van der Waals surface area (Å²) < 4.78 is 125. The van der Waals surface area contributed by atoms with Crippen molar-refractivity contribution >= 4 is 27.0 Å². The normalized spacial score (nSPS) is 25.8. The van der Waals surface area contributed by atoms with Crippen molar-refractivity contribution in [1.82, 2.24) is 10.6 Å². The zero-order chi connectivity index (χ0) is 39.6. The van der Waals surface area contributed by atoms with Gasteiger partial charge in [0, 0.05) is 24.7 Å². The van der Waals surface area contributed by atoms with E-state index < -0.39 is 71.9 Å². The molecule has 0 aromatic heterocycles. The lowest BCUT2D eigenvalue weighted by Gasteiger charge is -2.31. The van der Waals surface area contributed by atoms with Crippen LogP contribution in [-0.2, 0) is 60.0 Å². The highest BCUT2D eigenvalue weighted by atomic mass is 31.2. The predicted octanol–water partition coefficient (Wildman–Crippen LogP) is 8.93. The Morgan fingerprint density at radius 3 is 1.04 bits per heavy atom. The Balaban J connectivity index is 0.000000280. The molecular weight excluding hydrogens is 740 g/mol. The topological polar surface area (TPSA) is 129 Å². The summed E-state index contributed by atoms with van der Waals surface area (Å²) in [6, 6.07) is 9.27. The highest BCUT2D eigenvalue weighted by molar-refractivity contribution is 7.56. The second-order valence-corrected chi connectivity index (χ2v) is 17.5. The van der Waals surface area contributed by atoms with Crippen molar-refractivity contribution in [3.05, 3.63) is 70.8 Å². The summed E-state index contributed by atoms with van der Waals surface area (Å²) in [6.45, 7) is 13.1. The molecule has 2 N–H and O–H groups in total. The number of carbonyl (C=O) groups excluding carboxylic acids is 2. The van der Waals surface area contributed by atoms with Crippen LogP contribution in [0.3, 0.4) is 0 Å². The van der Waals surface area contributed by atoms with E-state index in [1.54, 1.807) is 41.5 Å². The van der Waals surface area contributed by atoms with Gasteiger partial charge in [0.15, 0.2) is 10.6 Å². The van der Waals surface area contributed by atoms with Gasteiger partial charge in [0.05, 0.1) is 37.6 Å². The fourth-order valence-corrected chi connectivity index (χ4v) is 12.2. The molecule has 52 heavy (non-hydrogen) atoms. The van der Waals surface area contributed by atoms with Crippen molar-refractivity contribution in [3.8, 4) is 0 Å². The van der Waals surface area contributed by atoms with Gasteiger partial charge in [-0.1, -0.05) is 38.1 Å². The largest absolute Gasteiger partial charge is 0.416 e. The summed E-state index contributed by atoms with van der Waals surface area (Å²) in [5.41, 5.74) is -2.23. The number of benzene rings is 2. The number of rotatable bonds is 14. The third-order valence-electron chi connectivity index (χ3n) is 9.39. The molecule has 0 bridgehead atoms. The van der Waals surface area contributed by atoms with Crippen LogP contribution in [0, 0.1) is 0 Å². The molecule has 4 atom stereocenters. The molecule has 2 aromatic rings. The highest BCUT2D eigenvalue weighted by Gasteiger charge is 2.78. The number of alkyl halides is 6. The standard InChI is InChI=1S/2C17H23F3NO4P/c2*1-5-24-26(23,25-6-2)16(21-12(3)22)11-15(16,4)13-7-9-14(10-8-13)17(18,19)20/h2*7-10H,5-6,11H2,1-4H3,(H,21,22)/t2*15-,16+/m11/s1. The van der Waals surface area contributed by atoms with Crippen molar-refractivity contribution in [3.63, 3.8) is 0 Å². The van der Waals surface area contributed by atoms with Crippen LogP contribution in [-0.4, -0.2) is 48.8 Å². The van der Waals surface area contributed by atoms with E-state index in [2.05, 4.69) is 10.6 Å². The van der Waals surface area contributed by atoms with E-state index in [9.17, 15) is 45.1 Å². The van der Waals surface area contributed by atoms with Crippen molar-refractivity contribution in [2.45, 2.75) is 102 Å². The van der Waals surface area contributed by atoms with Crippen LogP contribution in [0.4, 0.5) is 26.3 Å². The Morgan fingerprint density at radius 1 is 0.596 bits per heavy atom. The minimum atomic E-state index is -4.44. The second-order valence-electron chi connectivity index (χ2n) is 12.9. The van der Waals surface area contributed by atoms with Gasteiger partial charge in [-0.3, -0.25) is 18.7 Å². The second kappa shape index (κ2) is 15.5. The Kier molecular flexibility index (Phi) is 13.1. The Morgan fingerprint density at radius 2 is 0.846 bits per heavy atom. The molecule has 2 amide bonds. The summed E-state index contributed by atoms with van der Waals surface area (Å²) in [5, 5.41) is 2.78. The Hall–Kier alpha value is -2.74. The maximum atomic E-state index is 13.4. The monoisotopic (exact) mass is 786 g/mol. The van der Waals surface area contributed by atoms with Crippen molar-refractivity contribution in [1.29, 1.82) is 0 Å². The van der Waals surface area contributed by atoms with Crippen LogP contribution in [0.15, 0.2) is 48.5 Å². The zero-order valence-electron chi connectivity index (χ0n) is 30.3. The minimum Gasteiger partial charge on any atom is -0.339 e. The first-order chi connectivity index (χ1) is 23.9. The third-order valence-corrected chi connectivity index (χ3v) is 15.2. The van der Waals surface area contributed by atoms with Crippen LogP contribution in [0.2, 0.25) is 0 Å². The first kappa shape index (κ1) is 43.7. The molecule has 0 spiro atoms. The molecule has 292 valence electrons. The van der Waals surface area contributed by atoms with Gasteiger partial charge in [-0.15, -0.1) is 0 Å². The Bertz CT molecular complexity index is 1550. The molecule has 2 aliphatic rings. The van der Waals surface area contributed by atoms with Gasteiger partial charge in [0.1, 0.15) is 0 Å². The molecule has 2 saturated carbocycles. The third kappa shape index (κ3) is 8.17. The number of hydrogen-bond acceptors (Lipinski definition) is 8. The summed E-state index contributed by atoms with van der Waals surface area (Å²) >= 11 is 0. The SMILES string of the molecule is CCOP(=O)(OCC)[C@@]1(NC(C)=O)C[C@]1(C)c1ccc(C(F)(F)F)cc1.CCOP(=O)(OCC)[C@@]1(NC(C)=O)C[C@]1(C)c1ccc(C(F)(F)F)cc1. The highest BCUT2D eigenvalue weighted by Crippen LogP contribution is 2.79. The quantitative estimate of drug-likeness (QED) is 0.144. The van der Waals surface area contributed by atoms with Gasteiger partial charge < -0.3 is 28.7 Å². The average molecular weight is 787 g/mol. The van der Waals surface area contributed by atoms with Crippen LogP contribution in [0.1, 0.15) is 90.5 Å². The molecule has 4 rings (SSSR count). The van der Waals surface area contributed by atoms with Gasteiger partial charge >= 0.3 is 27.5 Å². The van der Waals surface area contributed by atoms with Crippen LogP contribution < -0.4 is 10.6 Å². The molecule has 0 unspecified atom stereocenters. The number of amides is 2. The molecule has 10 nitrogen and oxygen atoms in total. The zero-order valence-corrected chi connectivity index (χ0v) is 32.1. The number of halogens is 6. The molecule has 0 heterocycles. The lowest BCUT2D eigenvalue weighted by molar-refractivity contribution is -0.138. The molecule has 0 saturated heterocycles. The first-order valence-corrected chi connectivity index (χ1v) is 19.7. The molecule has 2 aliphatic carbocycles. The van der Waals surface area contributed by atoms with Crippen molar-refractivity contribution in [2.75, 3.05) is 26.4 Å².